The Morgan fingerprint density at radius 3 is 2.78 bits per heavy atom. The largest absolute Gasteiger partial charge is 0.453 e. The van der Waals surface area contributed by atoms with Crippen LogP contribution in [-0.2, 0) is 11.2 Å². The van der Waals surface area contributed by atoms with Gasteiger partial charge in [-0.1, -0.05) is 0 Å². The minimum atomic E-state index is -4.36. The van der Waals surface area contributed by atoms with Crippen LogP contribution in [0.5, 0.6) is 0 Å². The van der Waals surface area contributed by atoms with Gasteiger partial charge in [0.25, 0.3) is 0 Å². The number of halogens is 3. The third-order valence-electron chi connectivity index (χ3n) is 3.88. The number of piperidine rings is 1. The number of methoxy groups -OCH3 is 1. The van der Waals surface area contributed by atoms with Gasteiger partial charge in [0, 0.05) is 31.5 Å². The molecule has 1 aromatic heterocycles. The number of rotatable bonds is 4. The zero-order chi connectivity index (χ0) is 16.9. The van der Waals surface area contributed by atoms with Crippen molar-refractivity contribution < 1.29 is 22.7 Å². The topological polar surface area (TPSA) is 54.5 Å². The zero-order valence-corrected chi connectivity index (χ0v) is 12.8. The van der Waals surface area contributed by atoms with Gasteiger partial charge in [-0.05, 0) is 37.0 Å². The van der Waals surface area contributed by atoms with E-state index in [4.69, 9.17) is 0 Å². The number of nitrogens with zero attached hydrogens (tertiary/aromatic N) is 2. The van der Waals surface area contributed by atoms with Crippen molar-refractivity contribution in [3.63, 3.8) is 0 Å². The number of alkyl halides is 3. The molecule has 1 saturated heterocycles. The van der Waals surface area contributed by atoms with Crippen molar-refractivity contribution in [3.05, 3.63) is 30.1 Å². The van der Waals surface area contributed by atoms with Crippen LogP contribution in [0, 0.1) is 0 Å². The van der Waals surface area contributed by atoms with Crippen LogP contribution in [0.2, 0.25) is 0 Å². The van der Waals surface area contributed by atoms with Crippen molar-refractivity contribution >= 4 is 6.09 Å². The average Bonchev–Trinajstić information content (AvgIpc) is 2.54. The minimum Gasteiger partial charge on any atom is -0.453 e. The molecule has 0 spiro atoms. The molecule has 23 heavy (non-hydrogen) atoms. The van der Waals surface area contributed by atoms with Crippen molar-refractivity contribution in [2.24, 2.45) is 0 Å². The number of likely N-dealkylation sites (tertiary alicyclic amines) is 1. The molecule has 2 rings (SSSR count). The molecule has 1 aliphatic heterocycles. The first-order chi connectivity index (χ1) is 10.9. The fraction of sp³-hybridized carbons (Fsp3) is 0.600. The maximum Gasteiger partial charge on any atom is 0.409 e. The number of hydrogen-bond donors (Lipinski definition) is 1. The molecule has 2 atom stereocenters. The normalized spacial score (nSPS) is 20.2. The van der Waals surface area contributed by atoms with E-state index in [0.29, 0.717) is 24.9 Å². The molecule has 0 radical (unpaired) electrons. The first-order valence-electron chi connectivity index (χ1n) is 7.44. The SMILES string of the molecule is COC(=O)N1CCC[C@@H](N[C@@H](Cc2ccncc2)C(F)(F)F)C1. The van der Waals surface area contributed by atoms with E-state index in [0.717, 1.165) is 0 Å². The van der Waals surface area contributed by atoms with Crippen LogP contribution in [0.15, 0.2) is 24.5 Å². The number of carbonyl (C=O) groups excluding carboxylic acids is 1. The van der Waals surface area contributed by atoms with Crippen molar-refractivity contribution in [2.45, 2.75) is 37.5 Å². The van der Waals surface area contributed by atoms with Gasteiger partial charge >= 0.3 is 12.3 Å². The lowest BCUT2D eigenvalue weighted by Gasteiger charge is -2.35. The molecular formula is C15H20F3N3O2. The van der Waals surface area contributed by atoms with Crippen LogP contribution < -0.4 is 5.32 Å². The Kier molecular flexibility index (Phi) is 5.81. The molecule has 1 N–H and O–H groups in total. The number of pyridine rings is 1. The molecule has 1 amide bonds. The number of carbonyl (C=O) groups is 1. The quantitative estimate of drug-likeness (QED) is 0.920. The number of ether oxygens (including phenoxy) is 1. The Hall–Kier alpha value is -1.83. The monoisotopic (exact) mass is 331 g/mol. The van der Waals surface area contributed by atoms with E-state index in [9.17, 15) is 18.0 Å². The van der Waals surface area contributed by atoms with Crippen molar-refractivity contribution in [3.8, 4) is 0 Å². The molecular weight excluding hydrogens is 311 g/mol. The highest BCUT2D eigenvalue weighted by molar-refractivity contribution is 5.67. The predicted molar refractivity (Wildman–Crippen MR) is 77.9 cm³/mol. The Labute approximate surface area is 132 Å². The van der Waals surface area contributed by atoms with Crippen molar-refractivity contribution in [1.29, 1.82) is 0 Å². The lowest BCUT2D eigenvalue weighted by molar-refractivity contribution is -0.158. The smallest absolute Gasteiger partial charge is 0.409 e. The second-order valence-electron chi connectivity index (χ2n) is 5.58. The molecule has 128 valence electrons. The summed E-state index contributed by atoms with van der Waals surface area (Å²) in [6.45, 7) is 0.724. The molecule has 5 nitrogen and oxygen atoms in total. The van der Waals surface area contributed by atoms with E-state index in [1.807, 2.05) is 0 Å². The first-order valence-corrected chi connectivity index (χ1v) is 7.44. The van der Waals surface area contributed by atoms with Crippen LogP contribution in [0.4, 0.5) is 18.0 Å². The summed E-state index contributed by atoms with van der Waals surface area (Å²) in [6.07, 6.45) is -0.847. The van der Waals surface area contributed by atoms with Gasteiger partial charge in [-0.15, -0.1) is 0 Å². The molecule has 1 aromatic rings. The highest BCUT2D eigenvalue weighted by Crippen LogP contribution is 2.25. The summed E-state index contributed by atoms with van der Waals surface area (Å²) in [5.74, 6) is 0. The third kappa shape index (κ3) is 5.09. The first kappa shape index (κ1) is 17.5. The van der Waals surface area contributed by atoms with Gasteiger partial charge < -0.3 is 15.0 Å². The summed E-state index contributed by atoms with van der Waals surface area (Å²) in [5, 5.41) is 2.66. The number of hydrogen-bond acceptors (Lipinski definition) is 4. The fourth-order valence-electron chi connectivity index (χ4n) is 2.72. The lowest BCUT2D eigenvalue weighted by Crippen LogP contribution is -2.55. The average molecular weight is 331 g/mol. The number of amides is 1. The van der Waals surface area contributed by atoms with Gasteiger partial charge in [-0.3, -0.25) is 4.98 Å². The number of aromatic nitrogens is 1. The fourth-order valence-corrected chi connectivity index (χ4v) is 2.72. The summed E-state index contributed by atoms with van der Waals surface area (Å²) in [4.78, 5) is 16.8. The number of nitrogens with one attached hydrogen (secondary N) is 1. The second kappa shape index (κ2) is 7.63. The van der Waals surface area contributed by atoms with Crippen molar-refractivity contribution in [1.82, 2.24) is 15.2 Å². The molecule has 2 heterocycles. The lowest BCUT2D eigenvalue weighted by atomic mass is 10.0. The van der Waals surface area contributed by atoms with E-state index < -0.39 is 24.4 Å². The molecule has 1 aliphatic rings. The molecule has 0 aromatic carbocycles. The van der Waals surface area contributed by atoms with Gasteiger partial charge in [0.1, 0.15) is 6.04 Å². The van der Waals surface area contributed by atoms with E-state index in [1.54, 1.807) is 12.1 Å². The summed E-state index contributed by atoms with van der Waals surface area (Å²) in [5.41, 5.74) is 0.565. The Balaban J connectivity index is 2.01. The van der Waals surface area contributed by atoms with Gasteiger partial charge in [0.15, 0.2) is 0 Å². The van der Waals surface area contributed by atoms with Gasteiger partial charge in [-0.2, -0.15) is 13.2 Å². The van der Waals surface area contributed by atoms with Crippen LogP contribution in [0.25, 0.3) is 0 Å². The highest BCUT2D eigenvalue weighted by atomic mass is 19.4. The van der Waals surface area contributed by atoms with Crippen LogP contribution >= 0.6 is 0 Å². The van der Waals surface area contributed by atoms with E-state index in [2.05, 4.69) is 15.0 Å². The zero-order valence-electron chi connectivity index (χ0n) is 12.8. The van der Waals surface area contributed by atoms with E-state index >= 15 is 0 Å². The predicted octanol–water partition coefficient (Wildman–Crippen LogP) is 2.38. The maximum atomic E-state index is 13.3. The standard InChI is InChI=1S/C15H20F3N3O2/c1-23-14(22)21-8-2-3-12(10-21)20-13(15(16,17)18)9-11-4-6-19-7-5-11/h4-7,12-13,20H,2-3,8-10H2,1H3/t12-,13+/m1/s1. The molecule has 0 saturated carbocycles. The van der Waals surface area contributed by atoms with Crippen LogP contribution in [0.1, 0.15) is 18.4 Å². The second-order valence-corrected chi connectivity index (χ2v) is 5.58. The van der Waals surface area contributed by atoms with Crippen LogP contribution in [-0.4, -0.2) is 54.4 Å². The van der Waals surface area contributed by atoms with Crippen LogP contribution in [0.3, 0.4) is 0 Å². The molecule has 8 heteroatoms. The summed E-state index contributed by atoms with van der Waals surface area (Å²) in [7, 11) is 1.27. The highest BCUT2D eigenvalue weighted by Gasteiger charge is 2.41. The molecule has 1 fully saturated rings. The molecule has 0 aliphatic carbocycles. The van der Waals surface area contributed by atoms with E-state index in [-0.39, 0.29) is 13.0 Å². The Bertz CT molecular complexity index is 510. The Morgan fingerprint density at radius 2 is 2.17 bits per heavy atom. The van der Waals surface area contributed by atoms with Gasteiger partial charge in [0.2, 0.25) is 0 Å². The molecule has 0 unspecified atom stereocenters. The maximum absolute atomic E-state index is 13.3. The summed E-state index contributed by atoms with van der Waals surface area (Å²) < 4.78 is 44.5. The molecule has 0 bridgehead atoms. The third-order valence-corrected chi connectivity index (χ3v) is 3.88. The Morgan fingerprint density at radius 1 is 1.48 bits per heavy atom. The van der Waals surface area contributed by atoms with Gasteiger partial charge in [0.05, 0.1) is 7.11 Å². The minimum absolute atomic E-state index is 0.166. The van der Waals surface area contributed by atoms with Gasteiger partial charge in [-0.25, -0.2) is 4.79 Å². The van der Waals surface area contributed by atoms with E-state index in [1.165, 1.54) is 24.4 Å². The summed E-state index contributed by atoms with van der Waals surface area (Å²) in [6, 6.07) is 1.08. The van der Waals surface area contributed by atoms with Crippen molar-refractivity contribution in [2.75, 3.05) is 20.2 Å². The summed E-state index contributed by atoms with van der Waals surface area (Å²) >= 11 is 0.